The largest absolute Gasteiger partial charge is 0.345 e. The number of anilines is 1. The SMILES string of the molecule is Cc1ccc(S(=O)(=O)Nc2ccc(C(=O)NCc3noc(C(C)(C)C)n3)cc2)cc1C. The number of aromatic nitrogens is 2. The van der Waals surface area contributed by atoms with Crippen molar-refractivity contribution in [3.05, 3.63) is 70.9 Å². The molecule has 1 amide bonds. The van der Waals surface area contributed by atoms with E-state index < -0.39 is 10.0 Å². The molecule has 3 rings (SSSR count). The number of hydrogen-bond donors (Lipinski definition) is 2. The predicted octanol–water partition coefficient (Wildman–Crippen LogP) is 3.71. The fourth-order valence-electron chi connectivity index (χ4n) is 2.68. The molecule has 0 bridgehead atoms. The highest BCUT2D eigenvalue weighted by Gasteiger charge is 2.22. The Bertz CT molecular complexity index is 1190. The van der Waals surface area contributed by atoms with Crippen LogP contribution in [0.3, 0.4) is 0 Å². The zero-order chi connectivity index (χ0) is 22.8. The molecule has 0 aliphatic rings. The zero-order valence-corrected chi connectivity index (χ0v) is 19.0. The molecule has 0 fully saturated rings. The van der Waals surface area contributed by atoms with Gasteiger partial charge in [-0.2, -0.15) is 4.98 Å². The second-order valence-electron chi connectivity index (χ2n) is 8.38. The minimum absolute atomic E-state index is 0.125. The Balaban J connectivity index is 1.63. The van der Waals surface area contributed by atoms with E-state index in [-0.39, 0.29) is 22.8 Å². The van der Waals surface area contributed by atoms with Gasteiger partial charge in [-0.05, 0) is 61.4 Å². The molecule has 1 heterocycles. The van der Waals surface area contributed by atoms with Gasteiger partial charge in [0.05, 0.1) is 11.4 Å². The maximum Gasteiger partial charge on any atom is 0.261 e. The van der Waals surface area contributed by atoms with E-state index in [0.29, 0.717) is 23.0 Å². The van der Waals surface area contributed by atoms with Gasteiger partial charge in [0.1, 0.15) is 0 Å². The fourth-order valence-corrected chi connectivity index (χ4v) is 3.82. The van der Waals surface area contributed by atoms with E-state index in [1.165, 1.54) is 0 Å². The van der Waals surface area contributed by atoms with Crippen LogP contribution in [0.15, 0.2) is 51.9 Å². The van der Waals surface area contributed by atoms with Gasteiger partial charge in [0.25, 0.3) is 15.9 Å². The van der Waals surface area contributed by atoms with Crippen LogP contribution in [0.5, 0.6) is 0 Å². The van der Waals surface area contributed by atoms with Gasteiger partial charge in [0.2, 0.25) is 5.89 Å². The van der Waals surface area contributed by atoms with Gasteiger partial charge in [0.15, 0.2) is 5.82 Å². The van der Waals surface area contributed by atoms with Crippen LogP contribution in [0.1, 0.15) is 54.0 Å². The number of sulfonamides is 1. The van der Waals surface area contributed by atoms with Crippen molar-refractivity contribution in [1.29, 1.82) is 0 Å². The lowest BCUT2D eigenvalue weighted by atomic mass is 9.97. The van der Waals surface area contributed by atoms with Crippen molar-refractivity contribution >= 4 is 21.6 Å². The first-order chi connectivity index (χ1) is 14.5. The van der Waals surface area contributed by atoms with Gasteiger partial charge < -0.3 is 9.84 Å². The minimum atomic E-state index is -3.72. The number of benzene rings is 2. The highest BCUT2D eigenvalue weighted by Crippen LogP contribution is 2.20. The van der Waals surface area contributed by atoms with E-state index in [2.05, 4.69) is 20.2 Å². The number of carbonyl (C=O) groups excluding carboxylic acids is 1. The Morgan fingerprint density at radius 2 is 1.71 bits per heavy atom. The topological polar surface area (TPSA) is 114 Å². The third kappa shape index (κ3) is 5.49. The molecule has 0 spiro atoms. The summed E-state index contributed by atoms with van der Waals surface area (Å²) in [5.74, 6) is 0.555. The summed E-state index contributed by atoms with van der Waals surface area (Å²) in [6, 6.07) is 11.1. The average Bonchev–Trinajstić information content (AvgIpc) is 3.18. The Morgan fingerprint density at radius 3 is 2.29 bits per heavy atom. The number of rotatable bonds is 6. The maximum atomic E-state index is 12.6. The number of carbonyl (C=O) groups is 1. The molecule has 164 valence electrons. The summed E-state index contributed by atoms with van der Waals surface area (Å²) in [6.07, 6.45) is 0. The first kappa shape index (κ1) is 22.5. The third-order valence-electron chi connectivity index (χ3n) is 4.70. The van der Waals surface area contributed by atoms with Crippen LogP contribution in [-0.2, 0) is 22.0 Å². The highest BCUT2D eigenvalue weighted by molar-refractivity contribution is 7.92. The second kappa shape index (κ2) is 8.50. The molecule has 0 saturated heterocycles. The molecular weight excluding hydrogens is 416 g/mol. The predicted molar refractivity (Wildman–Crippen MR) is 117 cm³/mol. The lowest BCUT2D eigenvalue weighted by Gasteiger charge is -2.10. The van der Waals surface area contributed by atoms with Crippen molar-refractivity contribution in [2.24, 2.45) is 0 Å². The summed E-state index contributed by atoms with van der Waals surface area (Å²) >= 11 is 0. The van der Waals surface area contributed by atoms with Crippen LogP contribution in [-0.4, -0.2) is 24.5 Å². The molecule has 2 N–H and O–H groups in total. The second-order valence-corrected chi connectivity index (χ2v) is 10.1. The minimum Gasteiger partial charge on any atom is -0.345 e. The van der Waals surface area contributed by atoms with Gasteiger partial charge in [0, 0.05) is 16.7 Å². The Hall–Kier alpha value is -3.20. The monoisotopic (exact) mass is 442 g/mol. The van der Waals surface area contributed by atoms with Crippen LogP contribution < -0.4 is 10.0 Å². The van der Waals surface area contributed by atoms with E-state index in [0.717, 1.165) is 11.1 Å². The molecule has 0 aliphatic heterocycles. The van der Waals surface area contributed by atoms with Crippen molar-refractivity contribution in [1.82, 2.24) is 15.5 Å². The Morgan fingerprint density at radius 1 is 1.03 bits per heavy atom. The van der Waals surface area contributed by atoms with Gasteiger partial charge >= 0.3 is 0 Å². The van der Waals surface area contributed by atoms with Crippen LogP contribution in [0.4, 0.5) is 5.69 Å². The smallest absolute Gasteiger partial charge is 0.261 e. The Kier molecular flexibility index (Phi) is 6.17. The zero-order valence-electron chi connectivity index (χ0n) is 18.2. The van der Waals surface area contributed by atoms with E-state index in [4.69, 9.17) is 4.52 Å². The van der Waals surface area contributed by atoms with Gasteiger partial charge in [-0.3, -0.25) is 9.52 Å². The first-order valence-electron chi connectivity index (χ1n) is 9.77. The lowest BCUT2D eigenvalue weighted by molar-refractivity contribution is 0.0949. The number of nitrogens with one attached hydrogen (secondary N) is 2. The molecule has 2 aromatic carbocycles. The van der Waals surface area contributed by atoms with E-state index in [9.17, 15) is 13.2 Å². The average molecular weight is 443 g/mol. The van der Waals surface area contributed by atoms with E-state index >= 15 is 0 Å². The summed E-state index contributed by atoms with van der Waals surface area (Å²) in [7, 11) is -3.72. The summed E-state index contributed by atoms with van der Waals surface area (Å²) < 4.78 is 32.9. The molecule has 0 atom stereocenters. The molecular formula is C22H26N4O4S. The third-order valence-corrected chi connectivity index (χ3v) is 6.08. The fraction of sp³-hybridized carbons (Fsp3) is 0.318. The van der Waals surface area contributed by atoms with Gasteiger partial charge in [-0.15, -0.1) is 0 Å². The summed E-state index contributed by atoms with van der Waals surface area (Å²) in [4.78, 5) is 16.8. The van der Waals surface area contributed by atoms with Crippen LogP contribution in [0.2, 0.25) is 0 Å². The molecule has 0 aliphatic carbocycles. The van der Waals surface area contributed by atoms with Crippen molar-refractivity contribution in [2.45, 2.75) is 51.5 Å². The molecule has 1 aromatic heterocycles. The molecule has 0 saturated carbocycles. The van der Waals surface area contributed by atoms with Gasteiger partial charge in [-0.25, -0.2) is 8.42 Å². The number of aryl methyl sites for hydroxylation is 2. The normalized spacial score (nSPS) is 11.9. The summed E-state index contributed by atoms with van der Waals surface area (Å²) in [5.41, 5.74) is 2.39. The molecule has 31 heavy (non-hydrogen) atoms. The molecule has 9 heteroatoms. The number of nitrogens with zero attached hydrogens (tertiary/aromatic N) is 2. The first-order valence-corrected chi connectivity index (χ1v) is 11.3. The molecule has 3 aromatic rings. The van der Waals surface area contributed by atoms with Crippen LogP contribution in [0, 0.1) is 13.8 Å². The number of hydrogen-bond acceptors (Lipinski definition) is 6. The van der Waals surface area contributed by atoms with Crippen molar-refractivity contribution in [3.8, 4) is 0 Å². The van der Waals surface area contributed by atoms with Gasteiger partial charge in [-0.1, -0.05) is 32.0 Å². The molecule has 0 radical (unpaired) electrons. The summed E-state index contributed by atoms with van der Waals surface area (Å²) in [6.45, 7) is 9.78. The van der Waals surface area contributed by atoms with Crippen molar-refractivity contribution in [2.75, 3.05) is 4.72 Å². The van der Waals surface area contributed by atoms with Crippen molar-refractivity contribution < 1.29 is 17.7 Å². The van der Waals surface area contributed by atoms with Crippen molar-refractivity contribution in [3.63, 3.8) is 0 Å². The molecule has 0 unspecified atom stereocenters. The quantitative estimate of drug-likeness (QED) is 0.601. The molecule has 8 nitrogen and oxygen atoms in total. The highest BCUT2D eigenvalue weighted by atomic mass is 32.2. The standard InChI is InChI=1S/C22H26N4O4S/c1-14-6-11-18(12-15(14)2)31(28,29)26-17-9-7-16(8-10-17)20(27)23-13-19-24-21(30-25-19)22(3,4)5/h6-12,26H,13H2,1-5H3,(H,23,27). The number of amides is 1. The maximum absolute atomic E-state index is 12.6. The van der Waals surface area contributed by atoms with Crippen LogP contribution >= 0.6 is 0 Å². The summed E-state index contributed by atoms with van der Waals surface area (Å²) in [5, 5.41) is 6.59. The van der Waals surface area contributed by atoms with E-state index in [1.807, 2.05) is 34.6 Å². The Labute approximate surface area is 182 Å². The van der Waals surface area contributed by atoms with E-state index in [1.54, 1.807) is 42.5 Å². The van der Waals surface area contributed by atoms with Crippen LogP contribution in [0.25, 0.3) is 0 Å². The lowest BCUT2D eigenvalue weighted by Crippen LogP contribution is -2.23.